The molecule has 6 nitrogen and oxygen atoms in total. The molecule has 1 aromatic heterocycles. The van der Waals surface area contributed by atoms with Gasteiger partial charge in [0, 0.05) is 6.07 Å². The third-order valence-corrected chi connectivity index (χ3v) is 7.92. The van der Waals surface area contributed by atoms with E-state index < -0.39 is 33.6 Å². The number of piperazine rings is 1. The lowest BCUT2D eigenvalue weighted by molar-refractivity contribution is -0.917. The van der Waals surface area contributed by atoms with E-state index in [1.54, 1.807) is 24.4 Å². The van der Waals surface area contributed by atoms with E-state index in [0.29, 0.717) is 36.5 Å². The molecule has 0 saturated carbocycles. The molecule has 0 aliphatic carbocycles. The van der Waals surface area contributed by atoms with Crippen molar-refractivity contribution in [2.75, 3.05) is 31.5 Å². The molecule has 3 rings (SSSR count). The summed E-state index contributed by atoms with van der Waals surface area (Å²) in [6.45, 7) is 3.24. The highest BCUT2D eigenvalue weighted by molar-refractivity contribution is 7.91. The van der Waals surface area contributed by atoms with Crippen LogP contribution >= 0.6 is 11.3 Å². The van der Waals surface area contributed by atoms with Gasteiger partial charge in [0.05, 0.1) is 31.9 Å². The number of amides is 1. The highest BCUT2D eigenvalue weighted by Gasteiger charge is 2.35. The molecule has 2 heterocycles. The Balaban J connectivity index is 1.59. The average molecular weight is 416 g/mol. The lowest BCUT2D eigenvalue weighted by Gasteiger charge is -2.33. The summed E-state index contributed by atoms with van der Waals surface area (Å²) in [6, 6.07) is 5.73. The van der Waals surface area contributed by atoms with Crippen LogP contribution in [0.4, 0.5) is 14.5 Å². The van der Waals surface area contributed by atoms with Gasteiger partial charge in [0.2, 0.25) is 0 Å². The first-order valence-corrected chi connectivity index (χ1v) is 10.7. The number of anilines is 1. The van der Waals surface area contributed by atoms with Crippen molar-refractivity contribution in [3.63, 3.8) is 0 Å². The molecule has 1 amide bonds. The molecule has 146 valence electrons. The topological polar surface area (TPSA) is 70.9 Å². The van der Waals surface area contributed by atoms with Crippen molar-refractivity contribution in [2.24, 2.45) is 0 Å². The molecular weight excluding hydrogens is 396 g/mol. The number of quaternary nitrogens is 1. The van der Waals surface area contributed by atoms with Crippen molar-refractivity contribution in [3.8, 4) is 0 Å². The molecule has 2 aromatic rings. The maximum absolute atomic E-state index is 13.7. The predicted octanol–water partition coefficient (Wildman–Crippen LogP) is 0.943. The molecule has 10 heteroatoms. The Kier molecular flexibility index (Phi) is 5.89. The van der Waals surface area contributed by atoms with Crippen molar-refractivity contribution < 1.29 is 26.9 Å². The SMILES string of the molecule is C[C@H](C(=O)Nc1ccc(F)cc1F)[NH+]1CCN(S(=O)(=O)c2cccs2)CC1. The minimum atomic E-state index is -3.49. The van der Waals surface area contributed by atoms with Gasteiger partial charge in [0.25, 0.3) is 15.9 Å². The van der Waals surface area contributed by atoms with Crippen LogP contribution in [0.5, 0.6) is 0 Å². The third kappa shape index (κ3) is 4.34. The van der Waals surface area contributed by atoms with Gasteiger partial charge in [-0.3, -0.25) is 4.79 Å². The second-order valence-electron chi connectivity index (χ2n) is 6.33. The Hall–Kier alpha value is -1.88. The molecule has 1 fully saturated rings. The van der Waals surface area contributed by atoms with Gasteiger partial charge in [-0.05, 0) is 30.5 Å². The molecule has 1 aliphatic rings. The number of hydrogen-bond acceptors (Lipinski definition) is 4. The van der Waals surface area contributed by atoms with Crippen LogP contribution in [-0.2, 0) is 14.8 Å². The number of thiophene rings is 1. The molecule has 1 saturated heterocycles. The van der Waals surface area contributed by atoms with Gasteiger partial charge in [-0.25, -0.2) is 17.2 Å². The Morgan fingerprint density at radius 1 is 1.26 bits per heavy atom. The zero-order valence-electron chi connectivity index (χ0n) is 14.6. The number of carbonyl (C=O) groups excluding carboxylic acids is 1. The fraction of sp³-hybridized carbons (Fsp3) is 0.353. The van der Waals surface area contributed by atoms with Crippen LogP contribution in [0.15, 0.2) is 39.9 Å². The Labute approximate surface area is 160 Å². The van der Waals surface area contributed by atoms with Crippen molar-refractivity contribution in [1.29, 1.82) is 0 Å². The predicted molar refractivity (Wildman–Crippen MR) is 98.2 cm³/mol. The van der Waals surface area contributed by atoms with Crippen LogP contribution in [-0.4, -0.2) is 50.9 Å². The lowest BCUT2D eigenvalue weighted by atomic mass is 10.2. The van der Waals surface area contributed by atoms with E-state index in [1.165, 1.54) is 21.7 Å². The summed E-state index contributed by atoms with van der Waals surface area (Å²) >= 11 is 1.18. The maximum atomic E-state index is 13.7. The molecule has 0 bridgehead atoms. The number of hydrogen-bond donors (Lipinski definition) is 2. The Bertz CT molecular complexity index is 912. The van der Waals surface area contributed by atoms with E-state index >= 15 is 0 Å². The lowest BCUT2D eigenvalue weighted by Crippen LogP contribution is -3.19. The number of carbonyl (C=O) groups is 1. The first-order chi connectivity index (χ1) is 12.8. The van der Waals surface area contributed by atoms with Crippen LogP contribution in [0.1, 0.15) is 6.92 Å². The van der Waals surface area contributed by atoms with Crippen molar-refractivity contribution in [2.45, 2.75) is 17.2 Å². The first kappa shape index (κ1) is 19.9. The maximum Gasteiger partial charge on any atom is 0.282 e. The summed E-state index contributed by atoms with van der Waals surface area (Å²) in [6.07, 6.45) is 0. The summed E-state index contributed by atoms with van der Waals surface area (Å²) in [5.41, 5.74) is -0.0773. The number of rotatable bonds is 5. The smallest absolute Gasteiger partial charge is 0.282 e. The fourth-order valence-corrected chi connectivity index (χ4v) is 5.59. The second kappa shape index (κ2) is 8.01. The zero-order valence-corrected chi connectivity index (χ0v) is 16.2. The monoisotopic (exact) mass is 416 g/mol. The van der Waals surface area contributed by atoms with Crippen molar-refractivity contribution >= 4 is 33.0 Å². The Morgan fingerprint density at radius 3 is 2.56 bits per heavy atom. The van der Waals surface area contributed by atoms with Gasteiger partial charge in [-0.2, -0.15) is 4.31 Å². The number of sulfonamides is 1. The standard InChI is InChI=1S/C17H19F2N3O3S2/c1-12(17(23)20-15-5-4-13(18)11-14(15)19)21-6-8-22(9-7-21)27(24,25)16-3-2-10-26-16/h2-5,10-12H,6-9H2,1H3,(H,20,23)/p+1/t12-/m1/s1. The van der Waals surface area contributed by atoms with Gasteiger partial charge >= 0.3 is 0 Å². The van der Waals surface area contributed by atoms with Crippen LogP contribution in [0.25, 0.3) is 0 Å². The van der Waals surface area contributed by atoms with E-state index in [9.17, 15) is 22.0 Å². The molecule has 27 heavy (non-hydrogen) atoms. The average Bonchev–Trinajstić information content (AvgIpc) is 3.19. The summed E-state index contributed by atoms with van der Waals surface area (Å²) in [4.78, 5) is 13.3. The number of benzene rings is 1. The molecular formula is C17H20F2N3O3S2+. The molecule has 1 aliphatic heterocycles. The minimum absolute atomic E-state index is 0.0773. The van der Waals surface area contributed by atoms with E-state index in [4.69, 9.17) is 0 Å². The van der Waals surface area contributed by atoms with Crippen LogP contribution < -0.4 is 10.2 Å². The normalized spacial score (nSPS) is 17.6. The van der Waals surface area contributed by atoms with E-state index in [1.807, 2.05) is 0 Å². The first-order valence-electron chi connectivity index (χ1n) is 8.43. The number of nitrogens with one attached hydrogen (secondary N) is 2. The highest BCUT2D eigenvalue weighted by atomic mass is 32.2. The largest absolute Gasteiger partial charge is 0.323 e. The van der Waals surface area contributed by atoms with Gasteiger partial charge in [0.1, 0.15) is 15.8 Å². The summed E-state index contributed by atoms with van der Waals surface area (Å²) in [5.74, 6) is -1.95. The summed E-state index contributed by atoms with van der Waals surface area (Å²) in [5, 5.41) is 4.18. The van der Waals surface area contributed by atoms with Gasteiger partial charge < -0.3 is 10.2 Å². The zero-order chi connectivity index (χ0) is 19.6. The second-order valence-corrected chi connectivity index (χ2v) is 9.44. The van der Waals surface area contributed by atoms with Crippen molar-refractivity contribution in [1.82, 2.24) is 4.31 Å². The van der Waals surface area contributed by atoms with Crippen LogP contribution in [0.2, 0.25) is 0 Å². The number of halogens is 2. The summed E-state index contributed by atoms with van der Waals surface area (Å²) < 4.78 is 53.5. The highest BCUT2D eigenvalue weighted by Crippen LogP contribution is 2.20. The van der Waals surface area contributed by atoms with Crippen LogP contribution in [0.3, 0.4) is 0 Å². The van der Waals surface area contributed by atoms with E-state index in [-0.39, 0.29) is 5.69 Å². The van der Waals surface area contributed by atoms with Crippen molar-refractivity contribution in [3.05, 3.63) is 47.3 Å². The fourth-order valence-electron chi connectivity index (χ4n) is 3.00. The minimum Gasteiger partial charge on any atom is -0.323 e. The van der Waals surface area contributed by atoms with Crippen LogP contribution in [0, 0.1) is 11.6 Å². The van der Waals surface area contributed by atoms with Gasteiger partial charge in [0.15, 0.2) is 6.04 Å². The molecule has 2 N–H and O–H groups in total. The molecule has 0 radical (unpaired) electrons. The molecule has 0 spiro atoms. The summed E-state index contributed by atoms with van der Waals surface area (Å²) in [7, 11) is -3.49. The van der Waals surface area contributed by atoms with Gasteiger partial charge in [-0.15, -0.1) is 11.3 Å². The molecule has 0 unspecified atom stereocenters. The quantitative estimate of drug-likeness (QED) is 0.762. The van der Waals surface area contributed by atoms with E-state index in [2.05, 4.69) is 5.32 Å². The Morgan fingerprint density at radius 2 is 1.96 bits per heavy atom. The molecule has 1 aromatic carbocycles. The van der Waals surface area contributed by atoms with E-state index in [0.717, 1.165) is 11.0 Å². The molecule has 1 atom stereocenters. The number of nitrogens with zero attached hydrogens (tertiary/aromatic N) is 1. The third-order valence-electron chi connectivity index (χ3n) is 4.65. The van der Waals surface area contributed by atoms with Gasteiger partial charge in [-0.1, -0.05) is 6.07 Å².